The van der Waals surface area contributed by atoms with Gasteiger partial charge in [-0.15, -0.1) is 0 Å². The van der Waals surface area contributed by atoms with Crippen LogP contribution in [-0.2, 0) is 10.0 Å². The number of H-pyrrole nitrogens is 1. The molecule has 2 aromatic carbocycles. The topological polar surface area (TPSA) is 95.4 Å². The van der Waals surface area contributed by atoms with Crippen molar-refractivity contribution in [3.05, 3.63) is 63.6 Å². The Bertz CT molecular complexity index is 1090. The van der Waals surface area contributed by atoms with Crippen molar-refractivity contribution >= 4 is 32.7 Å². The Kier molecular flexibility index (Phi) is 5.19. The number of benzene rings is 2. The Labute approximate surface area is 155 Å². The zero-order valence-corrected chi connectivity index (χ0v) is 15.8. The number of halogens is 1. The molecule has 2 N–H and O–H groups in total. The molecule has 1 unspecified atom stereocenters. The molecule has 0 bridgehead atoms. The van der Waals surface area contributed by atoms with Gasteiger partial charge >= 0.3 is 5.76 Å². The highest BCUT2D eigenvalue weighted by atomic mass is 35.5. The van der Waals surface area contributed by atoms with Crippen LogP contribution in [0.3, 0.4) is 0 Å². The molecule has 0 spiro atoms. The van der Waals surface area contributed by atoms with Gasteiger partial charge in [-0.3, -0.25) is 4.98 Å². The minimum Gasteiger partial charge on any atom is -0.408 e. The van der Waals surface area contributed by atoms with Gasteiger partial charge in [0.1, 0.15) is 0 Å². The quantitative estimate of drug-likeness (QED) is 0.668. The molecule has 3 aromatic rings. The highest BCUT2D eigenvalue weighted by Crippen LogP contribution is 2.26. The molecule has 0 radical (unpaired) electrons. The van der Waals surface area contributed by atoms with Gasteiger partial charge < -0.3 is 9.32 Å². The van der Waals surface area contributed by atoms with Crippen molar-refractivity contribution in [3.8, 4) is 0 Å². The zero-order chi connectivity index (χ0) is 18.9. The molecule has 3 rings (SSSR count). The third-order valence-electron chi connectivity index (χ3n) is 4.06. The summed E-state index contributed by atoms with van der Waals surface area (Å²) in [5.74, 6) is -0.631. The van der Waals surface area contributed by atoms with Crippen molar-refractivity contribution < 1.29 is 12.8 Å². The number of nitrogens with zero attached hydrogens (tertiary/aromatic N) is 1. The van der Waals surface area contributed by atoms with Gasteiger partial charge in [-0.2, -0.15) is 0 Å². The van der Waals surface area contributed by atoms with Crippen LogP contribution in [0.25, 0.3) is 11.1 Å². The summed E-state index contributed by atoms with van der Waals surface area (Å²) in [4.78, 5) is 15.6. The molecule has 0 fully saturated rings. The second kappa shape index (κ2) is 7.24. The predicted octanol–water partition coefficient (Wildman–Crippen LogP) is 2.36. The van der Waals surface area contributed by atoms with Crippen molar-refractivity contribution in [1.29, 1.82) is 0 Å². The van der Waals surface area contributed by atoms with E-state index >= 15 is 0 Å². The third-order valence-corrected chi connectivity index (χ3v) is 5.82. The van der Waals surface area contributed by atoms with E-state index in [0.717, 1.165) is 5.56 Å². The van der Waals surface area contributed by atoms with Crippen LogP contribution in [0.1, 0.15) is 11.6 Å². The summed E-state index contributed by atoms with van der Waals surface area (Å²) in [5.41, 5.74) is 1.46. The number of aromatic nitrogens is 1. The Morgan fingerprint density at radius 1 is 1.23 bits per heavy atom. The summed E-state index contributed by atoms with van der Waals surface area (Å²) in [6.45, 7) is 0.133. The van der Waals surface area contributed by atoms with Gasteiger partial charge in [-0.1, -0.05) is 29.8 Å². The molecule has 0 saturated heterocycles. The van der Waals surface area contributed by atoms with E-state index in [2.05, 4.69) is 9.71 Å². The molecule has 26 heavy (non-hydrogen) atoms. The molecule has 0 aliphatic heterocycles. The largest absolute Gasteiger partial charge is 0.417 e. The van der Waals surface area contributed by atoms with Gasteiger partial charge in [0.2, 0.25) is 10.0 Å². The number of hydrogen-bond donors (Lipinski definition) is 2. The summed E-state index contributed by atoms with van der Waals surface area (Å²) >= 11 is 6.25. The van der Waals surface area contributed by atoms with Crippen LogP contribution < -0.4 is 10.5 Å². The van der Waals surface area contributed by atoms with E-state index in [1.807, 2.05) is 37.2 Å². The molecular formula is C17H18ClN3O4S. The van der Waals surface area contributed by atoms with Crippen molar-refractivity contribution in [2.24, 2.45) is 0 Å². The summed E-state index contributed by atoms with van der Waals surface area (Å²) in [7, 11) is -0.0876. The van der Waals surface area contributed by atoms with E-state index in [-0.39, 0.29) is 23.1 Å². The fourth-order valence-corrected chi connectivity index (χ4v) is 4.00. The number of likely N-dealkylation sites (N-methyl/N-ethyl adjacent to an activating group) is 1. The van der Waals surface area contributed by atoms with Crippen molar-refractivity contribution in [3.63, 3.8) is 0 Å². The molecule has 1 heterocycles. The Morgan fingerprint density at radius 3 is 2.65 bits per heavy atom. The summed E-state index contributed by atoms with van der Waals surface area (Å²) in [6.07, 6.45) is 0. The van der Waals surface area contributed by atoms with Crippen LogP contribution in [0.5, 0.6) is 0 Å². The maximum atomic E-state index is 12.6. The number of oxazole rings is 1. The smallest absolute Gasteiger partial charge is 0.408 e. The molecule has 9 heteroatoms. The van der Waals surface area contributed by atoms with Gasteiger partial charge in [0.05, 0.1) is 10.4 Å². The van der Waals surface area contributed by atoms with Crippen LogP contribution in [-0.4, -0.2) is 38.9 Å². The number of nitrogens with one attached hydrogen (secondary N) is 2. The standard InChI is InChI=1S/C17H18ClN3O4S/c1-21(2)15(12-5-3-4-6-13(12)18)10-19-26(23,24)11-7-8-14-16(9-11)25-17(22)20-14/h3-9,15,19H,10H2,1-2H3,(H,20,22). The van der Waals surface area contributed by atoms with Crippen LogP contribution >= 0.6 is 11.6 Å². The average molecular weight is 396 g/mol. The molecule has 0 aliphatic carbocycles. The average Bonchev–Trinajstić information content (AvgIpc) is 2.95. The third kappa shape index (κ3) is 3.83. The van der Waals surface area contributed by atoms with Crippen LogP contribution in [0.2, 0.25) is 5.02 Å². The van der Waals surface area contributed by atoms with E-state index in [4.69, 9.17) is 16.0 Å². The lowest BCUT2D eigenvalue weighted by Crippen LogP contribution is -2.34. The number of rotatable bonds is 6. The van der Waals surface area contributed by atoms with Gasteiger partial charge in [0, 0.05) is 23.7 Å². The minimum absolute atomic E-state index is 0.0180. The van der Waals surface area contributed by atoms with E-state index < -0.39 is 15.8 Å². The molecule has 1 aromatic heterocycles. The molecule has 1 atom stereocenters. The first-order chi connectivity index (χ1) is 12.3. The summed E-state index contributed by atoms with van der Waals surface area (Å²) < 4.78 is 32.8. The number of fused-ring (bicyclic) bond motifs is 1. The molecule has 7 nitrogen and oxygen atoms in total. The highest BCUT2D eigenvalue weighted by molar-refractivity contribution is 7.89. The van der Waals surface area contributed by atoms with E-state index in [9.17, 15) is 13.2 Å². The van der Waals surface area contributed by atoms with Gasteiger partial charge in [0.25, 0.3) is 0 Å². The number of aromatic amines is 1. The fraction of sp³-hybridized carbons (Fsp3) is 0.235. The normalized spacial score (nSPS) is 13.4. The van der Waals surface area contributed by atoms with Gasteiger partial charge in [0.15, 0.2) is 5.58 Å². The van der Waals surface area contributed by atoms with Crippen LogP contribution in [0, 0.1) is 0 Å². The maximum Gasteiger partial charge on any atom is 0.417 e. The lowest BCUT2D eigenvalue weighted by atomic mass is 10.1. The molecular weight excluding hydrogens is 378 g/mol. The highest BCUT2D eigenvalue weighted by Gasteiger charge is 2.22. The zero-order valence-electron chi connectivity index (χ0n) is 14.2. The van der Waals surface area contributed by atoms with E-state index in [1.54, 1.807) is 6.07 Å². The van der Waals surface area contributed by atoms with Crippen LogP contribution in [0.15, 0.2) is 56.6 Å². The van der Waals surface area contributed by atoms with Crippen molar-refractivity contribution in [2.75, 3.05) is 20.6 Å². The Morgan fingerprint density at radius 2 is 1.96 bits per heavy atom. The first-order valence-corrected chi connectivity index (χ1v) is 9.67. The fourth-order valence-electron chi connectivity index (χ4n) is 2.68. The Balaban J connectivity index is 1.85. The first-order valence-electron chi connectivity index (χ1n) is 7.81. The number of sulfonamides is 1. The van der Waals surface area contributed by atoms with E-state index in [0.29, 0.717) is 10.5 Å². The SMILES string of the molecule is CN(C)C(CNS(=O)(=O)c1ccc2[nH]c(=O)oc2c1)c1ccccc1Cl. The van der Waals surface area contributed by atoms with E-state index in [1.165, 1.54) is 18.2 Å². The maximum absolute atomic E-state index is 12.6. The second-order valence-corrected chi connectivity index (χ2v) is 8.20. The van der Waals surface area contributed by atoms with Crippen molar-refractivity contribution in [2.45, 2.75) is 10.9 Å². The number of hydrogen-bond acceptors (Lipinski definition) is 5. The Hall–Kier alpha value is -2.13. The minimum atomic E-state index is -3.79. The van der Waals surface area contributed by atoms with Crippen LogP contribution in [0.4, 0.5) is 0 Å². The van der Waals surface area contributed by atoms with Crippen molar-refractivity contribution in [1.82, 2.24) is 14.6 Å². The molecule has 0 amide bonds. The van der Waals surface area contributed by atoms with Gasteiger partial charge in [-0.05, 0) is 37.9 Å². The second-order valence-electron chi connectivity index (χ2n) is 6.03. The predicted molar refractivity (Wildman–Crippen MR) is 99.9 cm³/mol. The van der Waals surface area contributed by atoms with Gasteiger partial charge in [-0.25, -0.2) is 17.9 Å². The molecule has 138 valence electrons. The lowest BCUT2D eigenvalue weighted by molar-refractivity contribution is 0.299. The molecule has 0 aliphatic rings. The first kappa shape index (κ1) is 18.7. The molecule has 0 saturated carbocycles. The summed E-state index contributed by atoms with van der Waals surface area (Å²) in [5, 5.41) is 0.570. The lowest BCUT2D eigenvalue weighted by Gasteiger charge is -2.25. The summed E-state index contributed by atoms with van der Waals surface area (Å²) in [6, 6.07) is 11.3. The monoisotopic (exact) mass is 395 g/mol.